The predicted molar refractivity (Wildman–Crippen MR) is 115 cm³/mol. The molecule has 0 aliphatic carbocycles. The minimum Gasteiger partial charge on any atom is -0.326 e. The second-order valence-corrected chi connectivity index (χ2v) is 9.64. The average molecular weight is 428 g/mol. The number of nitrogens with zero attached hydrogens (tertiary/aromatic N) is 2. The summed E-state index contributed by atoms with van der Waals surface area (Å²) in [7, 11) is -3.71. The summed E-state index contributed by atoms with van der Waals surface area (Å²) in [5.74, 6) is -0.492. The first-order valence-corrected chi connectivity index (χ1v) is 11.7. The first-order valence-electron chi connectivity index (χ1n) is 10.2. The smallest absolute Gasteiger partial charge is 0.243 e. The third-order valence-corrected chi connectivity index (χ3v) is 7.54. The van der Waals surface area contributed by atoms with E-state index in [2.05, 4.69) is 5.32 Å². The second-order valence-electron chi connectivity index (χ2n) is 7.70. The Bertz CT molecular complexity index is 1020. The summed E-state index contributed by atoms with van der Waals surface area (Å²) in [5.41, 5.74) is 1.42. The third kappa shape index (κ3) is 4.24. The molecule has 4 rings (SSSR count). The standard InChI is InChI=1S/C22H25N3O4S/c26-21-9-5-15-25(21)19-10-12-20(13-11-19)30(28,29)24-14-4-6-17(16-24)22(27)23-18-7-2-1-3-8-18/h1-3,7-8,10-13,17H,4-6,9,14-16H2,(H,23,27)/t17-/m1/s1. The van der Waals surface area contributed by atoms with Gasteiger partial charge in [-0.1, -0.05) is 18.2 Å². The van der Waals surface area contributed by atoms with Gasteiger partial charge in [-0.3, -0.25) is 9.59 Å². The highest BCUT2D eigenvalue weighted by molar-refractivity contribution is 7.89. The molecule has 8 heteroatoms. The van der Waals surface area contributed by atoms with Crippen LogP contribution in [0.2, 0.25) is 0 Å². The predicted octanol–water partition coefficient (Wildman–Crippen LogP) is 2.85. The number of piperidine rings is 1. The van der Waals surface area contributed by atoms with Crippen molar-refractivity contribution in [3.8, 4) is 0 Å². The normalized spacial score (nSPS) is 20.3. The molecule has 2 aliphatic heterocycles. The number of rotatable bonds is 5. The van der Waals surface area contributed by atoms with Crippen LogP contribution in [0.15, 0.2) is 59.5 Å². The Morgan fingerprint density at radius 1 is 0.967 bits per heavy atom. The van der Waals surface area contributed by atoms with Crippen LogP contribution < -0.4 is 10.2 Å². The number of benzene rings is 2. The van der Waals surface area contributed by atoms with Gasteiger partial charge in [-0.05, 0) is 55.7 Å². The Hall–Kier alpha value is -2.71. The molecule has 30 heavy (non-hydrogen) atoms. The van der Waals surface area contributed by atoms with Crippen LogP contribution in [0.4, 0.5) is 11.4 Å². The highest BCUT2D eigenvalue weighted by atomic mass is 32.2. The van der Waals surface area contributed by atoms with E-state index in [9.17, 15) is 18.0 Å². The largest absolute Gasteiger partial charge is 0.326 e. The molecular formula is C22H25N3O4S. The van der Waals surface area contributed by atoms with E-state index >= 15 is 0 Å². The molecule has 1 N–H and O–H groups in total. The van der Waals surface area contributed by atoms with E-state index in [-0.39, 0.29) is 23.3 Å². The van der Waals surface area contributed by atoms with Crippen LogP contribution in [0.5, 0.6) is 0 Å². The quantitative estimate of drug-likeness (QED) is 0.795. The maximum atomic E-state index is 13.1. The molecule has 0 bridgehead atoms. The molecule has 7 nitrogen and oxygen atoms in total. The first-order chi connectivity index (χ1) is 14.4. The van der Waals surface area contributed by atoms with E-state index in [0.29, 0.717) is 38.0 Å². The molecule has 0 saturated carbocycles. The maximum Gasteiger partial charge on any atom is 0.243 e. The van der Waals surface area contributed by atoms with Crippen molar-refractivity contribution < 1.29 is 18.0 Å². The number of amides is 2. The molecular weight excluding hydrogens is 402 g/mol. The molecule has 0 aromatic heterocycles. The number of carbonyl (C=O) groups is 2. The van der Waals surface area contributed by atoms with Crippen molar-refractivity contribution in [2.45, 2.75) is 30.6 Å². The zero-order valence-electron chi connectivity index (χ0n) is 16.7. The highest BCUT2D eigenvalue weighted by Crippen LogP contribution is 2.27. The number of para-hydroxylation sites is 1. The summed E-state index contributed by atoms with van der Waals surface area (Å²) >= 11 is 0. The summed E-state index contributed by atoms with van der Waals surface area (Å²) < 4.78 is 27.6. The van der Waals surface area contributed by atoms with E-state index in [1.807, 2.05) is 30.3 Å². The molecule has 0 radical (unpaired) electrons. The van der Waals surface area contributed by atoms with E-state index in [4.69, 9.17) is 0 Å². The van der Waals surface area contributed by atoms with E-state index in [0.717, 1.165) is 12.1 Å². The second kappa shape index (κ2) is 8.57. The van der Waals surface area contributed by atoms with Crippen molar-refractivity contribution in [2.24, 2.45) is 5.92 Å². The van der Waals surface area contributed by atoms with Gasteiger partial charge in [0.05, 0.1) is 10.8 Å². The SMILES string of the molecule is O=C(Nc1ccccc1)[C@@H]1CCCN(S(=O)(=O)c2ccc(N3CCCC3=O)cc2)C1. The Labute approximate surface area is 176 Å². The number of sulfonamides is 1. The fourth-order valence-electron chi connectivity index (χ4n) is 4.01. The van der Waals surface area contributed by atoms with Gasteiger partial charge >= 0.3 is 0 Å². The number of anilines is 2. The first kappa shape index (κ1) is 20.6. The Morgan fingerprint density at radius 3 is 2.37 bits per heavy atom. The van der Waals surface area contributed by atoms with Gasteiger partial charge in [0.15, 0.2) is 0 Å². The molecule has 2 saturated heterocycles. The highest BCUT2D eigenvalue weighted by Gasteiger charge is 2.33. The molecule has 2 aliphatic rings. The summed E-state index contributed by atoms with van der Waals surface area (Å²) in [6.07, 6.45) is 2.63. The Balaban J connectivity index is 1.45. The molecule has 2 fully saturated rings. The number of hydrogen-bond donors (Lipinski definition) is 1. The van der Waals surface area contributed by atoms with Gasteiger partial charge < -0.3 is 10.2 Å². The number of hydrogen-bond acceptors (Lipinski definition) is 4. The molecule has 2 aromatic carbocycles. The molecule has 2 heterocycles. The topological polar surface area (TPSA) is 86.8 Å². The lowest BCUT2D eigenvalue weighted by Gasteiger charge is -2.31. The third-order valence-electron chi connectivity index (χ3n) is 5.66. The molecule has 1 atom stereocenters. The molecule has 0 spiro atoms. The lowest BCUT2D eigenvalue weighted by molar-refractivity contribution is -0.121. The maximum absolute atomic E-state index is 13.1. The minimum absolute atomic E-state index is 0.0638. The fourth-order valence-corrected chi connectivity index (χ4v) is 5.53. The van der Waals surface area contributed by atoms with Crippen molar-refractivity contribution >= 4 is 33.2 Å². The van der Waals surface area contributed by atoms with Crippen LogP contribution in [-0.2, 0) is 19.6 Å². The van der Waals surface area contributed by atoms with Gasteiger partial charge in [0.2, 0.25) is 21.8 Å². The van der Waals surface area contributed by atoms with Crippen molar-refractivity contribution in [1.82, 2.24) is 4.31 Å². The van der Waals surface area contributed by atoms with Crippen LogP contribution in [0.3, 0.4) is 0 Å². The van der Waals surface area contributed by atoms with Gasteiger partial charge in [0.25, 0.3) is 0 Å². The van der Waals surface area contributed by atoms with Crippen LogP contribution in [-0.4, -0.2) is 44.2 Å². The fraction of sp³-hybridized carbons (Fsp3) is 0.364. The van der Waals surface area contributed by atoms with Gasteiger partial charge in [-0.2, -0.15) is 4.31 Å². The summed E-state index contributed by atoms with van der Waals surface area (Å²) in [6.45, 7) is 1.21. The lowest BCUT2D eigenvalue weighted by atomic mass is 9.99. The number of nitrogens with one attached hydrogen (secondary N) is 1. The Morgan fingerprint density at radius 2 is 1.70 bits per heavy atom. The van der Waals surface area contributed by atoms with Gasteiger partial charge in [-0.25, -0.2) is 8.42 Å². The van der Waals surface area contributed by atoms with E-state index in [1.165, 1.54) is 4.31 Å². The monoisotopic (exact) mass is 427 g/mol. The van der Waals surface area contributed by atoms with Crippen molar-refractivity contribution in [3.05, 3.63) is 54.6 Å². The summed E-state index contributed by atoms with van der Waals surface area (Å²) in [6, 6.07) is 15.6. The average Bonchev–Trinajstić information content (AvgIpc) is 3.20. The number of carbonyl (C=O) groups excluding carboxylic acids is 2. The van der Waals surface area contributed by atoms with E-state index < -0.39 is 15.9 Å². The van der Waals surface area contributed by atoms with Gasteiger partial charge in [0, 0.05) is 37.4 Å². The van der Waals surface area contributed by atoms with E-state index in [1.54, 1.807) is 29.2 Å². The van der Waals surface area contributed by atoms with Crippen molar-refractivity contribution in [1.29, 1.82) is 0 Å². The summed E-state index contributed by atoms with van der Waals surface area (Å²) in [4.78, 5) is 26.4. The molecule has 0 unspecified atom stereocenters. The van der Waals surface area contributed by atoms with Crippen LogP contribution in [0, 0.1) is 5.92 Å². The van der Waals surface area contributed by atoms with Crippen LogP contribution in [0.1, 0.15) is 25.7 Å². The minimum atomic E-state index is -3.71. The lowest BCUT2D eigenvalue weighted by Crippen LogP contribution is -2.43. The van der Waals surface area contributed by atoms with Crippen LogP contribution >= 0.6 is 0 Å². The molecule has 2 amide bonds. The van der Waals surface area contributed by atoms with Crippen molar-refractivity contribution in [3.63, 3.8) is 0 Å². The van der Waals surface area contributed by atoms with Crippen LogP contribution in [0.25, 0.3) is 0 Å². The van der Waals surface area contributed by atoms with Crippen molar-refractivity contribution in [2.75, 3.05) is 29.9 Å². The zero-order chi connectivity index (χ0) is 21.1. The van der Waals surface area contributed by atoms with Gasteiger partial charge in [0.1, 0.15) is 0 Å². The van der Waals surface area contributed by atoms with Gasteiger partial charge in [-0.15, -0.1) is 0 Å². The zero-order valence-corrected chi connectivity index (χ0v) is 17.5. The summed E-state index contributed by atoms with van der Waals surface area (Å²) in [5, 5.41) is 2.87. The molecule has 158 valence electrons. The molecule has 2 aromatic rings. The Kier molecular flexibility index (Phi) is 5.87.